The summed E-state index contributed by atoms with van der Waals surface area (Å²) in [5, 5.41) is 6.17. The van der Waals surface area contributed by atoms with Crippen molar-refractivity contribution in [2.75, 3.05) is 14.1 Å². The van der Waals surface area contributed by atoms with Crippen molar-refractivity contribution in [3.8, 4) is 0 Å². The molecule has 0 radical (unpaired) electrons. The lowest BCUT2D eigenvalue weighted by Gasteiger charge is -2.37. The minimum Gasteiger partial charge on any atom is -0.359 e. The molecule has 0 aromatic carbocycles. The van der Waals surface area contributed by atoms with E-state index in [1.165, 1.54) is 0 Å². The van der Waals surface area contributed by atoms with Crippen molar-refractivity contribution in [2.24, 2.45) is 5.10 Å². The van der Waals surface area contributed by atoms with Crippen LogP contribution in [0.25, 0.3) is 0 Å². The van der Waals surface area contributed by atoms with Crippen LogP contribution in [0.5, 0.6) is 0 Å². The summed E-state index contributed by atoms with van der Waals surface area (Å²) in [6, 6.07) is 1.07. The van der Waals surface area contributed by atoms with E-state index in [2.05, 4.69) is 30.9 Å². The third kappa shape index (κ3) is 1.08. The van der Waals surface area contributed by atoms with E-state index in [0.717, 1.165) is 0 Å². The van der Waals surface area contributed by atoms with Gasteiger partial charge in [0.25, 0.3) is 0 Å². The Labute approximate surface area is 62.3 Å². The van der Waals surface area contributed by atoms with Gasteiger partial charge in [0, 0.05) is 20.1 Å². The van der Waals surface area contributed by atoms with Crippen molar-refractivity contribution < 1.29 is 0 Å². The standard InChI is InChI=1S/C7H15N3/c1-6-7(2)10(4)8-5-9(6)3/h5-7H,1-4H3. The van der Waals surface area contributed by atoms with Crippen molar-refractivity contribution in [1.29, 1.82) is 0 Å². The summed E-state index contributed by atoms with van der Waals surface area (Å²) >= 11 is 0. The van der Waals surface area contributed by atoms with E-state index >= 15 is 0 Å². The summed E-state index contributed by atoms with van der Waals surface area (Å²) < 4.78 is 0. The van der Waals surface area contributed by atoms with Gasteiger partial charge in [0.1, 0.15) is 6.34 Å². The highest BCUT2D eigenvalue weighted by Gasteiger charge is 2.21. The van der Waals surface area contributed by atoms with Crippen LogP contribution in [0, 0.1) is 0 Å². The van der Waals surface area contributed by atoms with Crippen LogP contribution in [0.4, 0.5) is 0 Å². The molecule has 1 rings (SSSR count). The van der Waals surface area contributed by atoms with Crippen LogP contribution in [0.2, 0.25) is 0 Å². The largest absolute Gasteiger partial charge is 0.359 e. The fraction of sp³-hybridized carbons (Fsp3) is 0.857. The molecule has 1 aliphatic rings. The smallest absolute Gasteiger partial charge is 0.111 e. The fourth-order valence-electron chi connectivity index (χ4n) is 1.03. The molecule has 0 saturated heterocycles. The van der Waals surface area contributed by atoms with E-state index in [1.54, 1.807) is 0 Å². The van der Waals surface area contributed by atoms with Gasteiger partial charge in [0.05, 0.1) is 6.04 Å². The van der Waals surface area contributed by atoms with Gasteiger partial charge in [-0.3, -0.25) is 5.01 Å². The summed E-state index contributed by atoms with van der Waals surface area (Å²) in [6.45, 7) is 4.38. The van der Waals surface area contributed by atoms with Crippen LogP contribution in [0.3, 0.4) is 0 Å². The molecule has 0 amide bonds. The Bertz CT molecular complexity index is 128. The average molecular weight is 141 g/mol. The van der Waals surface area contributed by atoms with Gasteiger partial charge in [0.15, 0.2) is 0 Å². The Morgan fingerprint density at radius 3 is 2.30 bits per heavy atom. The van der Waals surface area contributed by atoms with Crippen LogP contribution in [-0.4, -0.2) is 42.4 Å². The molecule has 0 aromatic heterocycles. The van der Waals surface area contributed by atoms with Gasteiger partial charge in [-0.15, -0.1) is 0 Å². The molecule has 58 valence electrons. The third-order valence-corrected chi connectivity index (χ3v) is 2.35. The van der Waals surface area contributed by atoms with E-state index in [9.17, 15) is 0 Å². The van der Waals surface area contributed by atoms with Gasteiger partial charge in [-0.1, -0.05) is 0 Å². The molecule has 10 heavy (non-hydrogen) atoms. The van der Waals surface area contributed by atoms with Gasteiger partial charge < -0.3 is 4.90 Å². The zero-order chi connectivity index (χ0) is 7.72. The molecular weight excluding hydrogens is 126 g/mol. The first-order valence-electron chi connectivity index (χ1n) is 3.62. The molecule has 3 nitrogen and oxygen atoms in total. The predicted octanol–water partition coefficient (Wildman–Crippen LogP) is 0.584. The second-order valence-corrected chi connectivity index (χ2v) is 2.95. The lowest BCUT2D eigenvalue weighted by Crippen LogP contribution is -2.47. The summed E-state index contributed by atoms with van der Waals surface area (Å²) in [4.78, 5) is 2.13. The molecule has 2 unspecified atom stereocenters. The minimum absolute atomic E-state index is 0.509. The van der Waals surface area contributed by atoms with Crippen molar-refractivity contribution in [1.82, 2.24) is 9.91 Å². The first-order chi connectivity index (χ1) is 4.63. The number of likely N-dealkylation sites (N-methyl/N-ethyl adjacent to an activating group) is 2. The number of hydrogen-bond acceptors (Lipinski definition) is 3. The number of hydrazone groups is 1. The van der Waals surface area contributed by atoms with E-state index in [-0.39, 0.29) is 0 Å². The normalized spacial score (nSPS) is 33.2. The Kier molecular flexibility index (Phi) is 1.83. The first kappa shape index (κ1) is 7.38. The van der Waals surface area contributed by atoms with E-state index in [1.807, 2.05) is 18.4 Å². The van der Waals surface area contributed by atoms with Crippen molar-refractivity contribution in [2.45, 2.75) is 25.9 Å². The Morgan fingerprint density at radius 1 is 1.20 bits per heavy atom. The molecule has 0 N–H and O–H groups in total. The minimum atomic E-state index is 0.509. The Balaban J connectivity index is 2.69. The fourth-order valence-corrected chi connectivity index (χ4v) is 1.03. The van der Waals surface area contributed by atoms with Gasteiger partial charge in [-0.05, 0) is 13.8 Å². The van der Waals surface area contributed by atoms with E-state index < -0.39 is 0 Å². The monoisotopic (exact) mass is 141 g/mol. The zero-order valence-corrected chi connectivity index (χ0v) is 7.07. The highest BCUT2D eigenvalue weighted by atomic mass is 15.5. The van der Waals surface area contributed by atoms with Crippen LogP contribution in [0.15, 0.2) is 5.10 Å². The quantitative estimate of drug-likeness (QED) is 0.491. The highest BCUT2D eigenvalue weighted by molar-refractivity contribution is 5.55. The summed E-state index contributed by atoms with van der Waals surface area (Å²) in [5.41, 5.74) is 0. The van der Waals surface area contributed by atoms with Crippen LogP contribution < -0.4 is 0 Å². The molecule has 0 bridgehead atoms. The third-order valence-electron chi connectivity index (χ3n) is 2.35. The molecule has 1 aliphatic heterocycles. The topological polar surface area (TPSA) is 18.8 Å². The number of hydrogen-bond donors (Lipinski definition) is 0. The number of nitrogens with zero attached hydrogens (tertiary/aromatic N) is 3. The Hall–Kier alpha value is -0.730. The van der Waals surface area contributed by atoms with E-state index in [4.69, 9.17) is 0 Å². The molecule has 3 heteroatoms. The molecule has 0 aliphatic carbocycles. The maximum Gasteiger partial charge on any atom is 0.111 e. The lowest BCUT2D eigenvalue weighted by atomic mass is 10.1. The van der Waals surface area contributed by atoms with Gasteiger partial charge >= 0.3 is 0 Å². The Morgan fingerprint density at radius 2 is 1.80 bits per heavy atom. The zero-order valence-electron chi connectivity index (χ0n) is 7.07. The molecular formula is C7H15N3. The molecule has 2 atom stereocenters. The average Bonchev–Trinajstić information content (AvgIpc) is 1.93. The molecule has 0 aromatic rings. The van der Waals surface area contributed by atoms with Gasteiger partial charge in [-0.25, -0.2) is 0 Å². The van der Waals surface area contributed by atoms with Crippen LogP contribution >= 0.6 is 0 Å². The SMILES string of the molecule is CC1C(C)N(C)N=CN1C. The predicted molar refractivity (Wildman–Crippen MR) is 42.9 cm³/mol. The molecule has 1 heterocycles. The number of rotatable bonds is 0. The van der Waals surface area contributed by atoms with Crippen molar-refractivity contribution in [3.05, 3.63) is 0 Å². The van der Waals surface area contributed by atoms with Crippen molar-refractivity contribution in [3.63, 3.8) is 0 Å². The lowest BCUT2D eigenvalue weighted by molar-refractivity contribution is 0.157. The van der Waals surface area contributed by atoms with Crippen molar-refractivity contribution >= 4 is 6.34 Å². The van der Waals surface area contributed by atoms with Crippen LogP contribution in [-0.2, 0) is 0 Å². The highest BCUT2D eigenvalue weighted by Crippen LogP contribution is 2.10. The second-order valence-electron chi connectivity index (χ2n) is 2.95. The summed E-state index contributed by atoms with van der Waals surface area (Å²) in [5.74, 6) is 0. The molecule has 0 spiro atoms. The maximum absolute atomic E-state index is 4.18. The van der Waals surface area contributed by atoms with E-state index in [0.29, 0.717) is 12.1 Å². The molecule has 0 saturated carbocycles. The maximum atomic E-state index is 4.18. The van der Waals surface area contributed by atoms with Gasteiger partial charge in [0.2, 0.25) is 0 Å². The second kappa shape index (κ2) is 2.48. The summed E-state index contributed by atoms with van der Waals surface area (Å²) in [6.07, 6.45) is 1.87. The first-order valence-corrected chi connectivity index (χ1v) is 3.62. The molecule has 0 fully saturated rings. The van der Waals surface area contributed by atoms with Crippen LogP contribution in [0.1, 0.15) is 13.8 Å². The van der Waals surface area contributed by atoms with Gasteiger partial charge in [-0.2, -0.15) is 5.10 Å². The summed E-state index contributed by atoms with van der Waals surface area (Å²) in [7, 11) is 4.06.